The molecule has 2 bridgehead atoms. The molecule has 45 heavy (non-hydrogen) atoms. The number of aryl methyl sites for hydroxylation is 1. The monoisotopic (exact) mass is 651 g/mol. The molecule has 240 valence electrons. The average Bonchev–Trinajstić information content (AvgIpc) is 3.78. The molecule has 0 radical (unpaired) electrons. The number of anilines is 1. The fraction of sp³-hybridized carbons (Fsp3) is 0.600. The van der Waals surface area contributed by atoms with Gasteiger partial charge in [0, 0.05) is 29.4 Å². The minimum Gasteiger partial charge on any atom is -0.490 e. The molecule has 5 aliphatic rings. The van der Waals surface area contributed by atoms with E-state index >= 15 is 0 Å². The summed E-state index contributed by atoms with van der Waals surface area (Å²) in [4.78, 5) is 19.3. The zero-order chi connectivity index (χ0) is 31.7. The van der Waals surface area contributed by atoms with Crippen LogP contribution in [-0.2, 0) is 26.7 Å². The molecule has 2 fully saturated rings. The number of nitrogens with one attached hydrogen (secondary N) is 1. The van der Waals surface area contributed by atoms with Gasteiger partial charge in [0.1, 0.15) is 11.4 Å². The van der Waals surface area contributed by atoms with Crippen LogP contribution in [0.15, 0.2) is 41.3 Å². The predicted octanol–water partition coefficient (Wildman–Crippen LogP) is 5.61. The molecule has 0 saturated heterocycles. The number of amides is 1. The second-order valence-electron chi connectivity index (χ2n) is 14.6. The van der Waals surface area contributed by atoms with Gasteiger partial charge < -0.3 is 19.6 Å². The molecule has 2 aromatic carbocycles. The van der Waals surface area contributed by atoms with Crippen molar-refractivity contribution in [3.05, 3.63) is 64.0 Å². The van der Waals surface area contributed by atoms with Crippen LogP contribution in [0.3, 0.4) is 0 Å². The second kappa shape index (κ2) is 11.2. The Labute approximate surface area is 271 Å². The summed E-state index contributed by atoms with van der Waals surface area (Å²) in [7, 11) is -4.12. The van der Waals surface area contributed by atoms with Crippen molar-refractivity contribution in [2.24, 2.45) is 35.5 Å². The number of hydrogen-bond donors (Lipinski definition) is 2. The maximum Gasteiger partial charge on any atom is 0.264 e. The van der Waals surface area contributed by atoms with E-state index in [-0.39, 0.29) is 46.4 Å². The number of carbonyl (C=O) groups is 1. The molecule has 1 spiro atoms. The van der Waals surface area contributed by atoms with Gasteiger partial charge in [0.05, 0.1) is 17.2 Å². The SMILES string of the molecule is [C-]#[N+]C[C@]1(O)C2CC2C[C@H](C)[C@@H](C)C(=O)NS(=O)(=O)c2ccc3c(c2)N(C[C@@H]2CC[C@H]21)C[C@@]1(CCCc2cc(Cl)ccc21)CO3. The summed E-state index contributed by atoms with van der Waals surface area (Å²) >= 11 is 6.41. The van der Waals surface area contributed by atoms with E-state index in [4.69, 9.17) is 22.9 Å². The molecule has 7 rings (SSSR count). The van der Waals surface area contributed by atoms with Crippen LogP contribution < -0.4 is 14.4 Å². The van der Waals surface area contributed by atoms with Crippen LogP contribution in [-0.4, -0.2) is 51.3 Å². The molecule has 1 amide bonds. The first-order valence-electron chi connectivity index (χ1n) is 16.4. The van der Waals surface area contributed by atoms with Gasteiger partial charge in [-0.05, 0) is 116 Å². The fourth-order valence-electron chi connectivity index (χ4n) is 8.97. The molecule has 10 heteroatoms. The van der Waals surface area contributed by atoms with Crippen LogP contribution in [0, 0.1) is 42.1 Å². The molecule has 3 aliphatic carbocycles. The van der Waals surface area contributed by atoms with Crippen LogP contribution in [0.1, 0.15) is 63.5 Å². The summed E-state index contributed by atoms with van der Waals surface area (Å²) in [5, 5.41) is 13.0. The number of fused-ring (bicyclic) bond motifs is 5. The first-order valence-corrected chi connectivity index (χ1v) is 18.2. The normalized spacial score (nSPS) is 37.0. The Morgan fingerprint density at radius 1 is 1.13 bits per heavy atom. The maximum atomic E-state index is 13.6. The smallest absolute Gasteiger partial charge is 0.264 e. The van der Waals surface area contributed by atoms with E-state index in [2.05, 4.69) is 26.6 Å². The summed E-state index contributed by atoms with van der Waals surface area (Å²) < 4.78 is 36.1. The third kappa shape index (κ3) is 5.31. The molecule has 2 heterocycles. The van der Waals surface area contributed by atoms with E-state index in [9.17, 15) is 18.3 Å². The van der Waals surface area contributed by atoms with Crippen molar-refractivity contribution >= 4 is 33.2 Å². The predicted molar refractivity (Wildman–Crippen MR) is 173 cm³/mol. The van der Waals surface area contributed by atoms with Crippen molar-refractivity contribution in [3.63, 3.8) is 0 Å². The fourth-order valence-corrected chi connectivity index (χ4v) is 10.2. The topological polar surface area (TPSA) is 100 Å². The van der Waals surface area contributed by atoms with Crippen LogP contribution >= 0.6 is 11.6 Å². The van der Waals surface area contributed by atoms with Crippen molar-refractivity contribution in [3.8, 4) is 5.75 Å². The van der Waals surface area contributed by atoms with Crippen molar-refractivity contribution < 1.29 is 23.1 Å². The summed E-state index contributed by atoms with van der Waals surface area (Å²) in [6.45, 7) is 13.3. The number of benzene rings is 2. The minimum absolute atomic E-state index is 0.0152. The zero-order valence-electron chi connectivity index (χ0n) is 26.0. The Balaban J connectivity index is 1.33. The number of ether oxygens (including phenoxy) is 1. The maximum absolute atomic E-state index is 13.6. The van der Waals surface area contributed by atoms with Gasteiger partial charge in [0.15, 0.2) is 0 Å². The van der Waals surface area contributed by atoms with Crippen molar-refractivity contribution in [1.82, 2.24) is 4.72 Å². The van der Waals surface area contributed by atoms with Gasteiger partial charge in [-0.2, -0.15) is 0 Å². The van der Waals surface area contributed by atoms with Crippen LogP contribution in [0.2, 0.25) is 5.02 Å². The van der Waals surface area contributed by atoms with Gasteiger partial charge in [-0.15, -0.1) is 0 Å². The van der Waals surface area contributed by atoms with Crippen LogP contribution in [0.4, 0.5) is 5.69 Å². The summed E-state index contributed by atoms with van der Waals surface area (Å²) in [5.41, 5.74) is 1.72. The molecule has 2 N–H and O–H groups in total. The summed E-state index contributed by atoms with van der Waals surface area (Å²) in [6, 6.07) is 11.0. The van der Waals surface area contributed by atoms with E-state index in [0.29, 0.717) is 42.6 Å². The van der Waals surface area contributed by atoms with E-state index in [1.807, 2.05) is 13.0 Å². The van der Waals surface area contributed by atoms with Gasteiger partial charge >= 0.3 is 0 Å². The van der Waals surface area contributed by atoms with Crippen molar-refractivity contribution in [2.45, 2.75) is 74.7 Å². The Hall–Kier alpha value is -2.80. The molecule has 2 unspecified atom stereocenters. The lowest BCUT2D eigenvalue weighted by molar-refractivity contribution is -0.124. The van der Waals surface area contributed by atoms with Gasteiger partial charge in [-0.1, -0.05) is 31.5 Å². The van der Waals surface area contributed by atoms with Gasteiger partial charge in [-0.25, -0.2) is 19.7 Å². The van der Waals surface area contributed by atoms with Crippen molar-refractivity contribution in [1.29, 1.82) is 0 Å². The molecule has 0 aromatic heterocycles. The third-order valence-electron chi connectivity index (χ3n) is 11.9. The highest BCUT2D eigenvalue weighted by atomic mass is 35.5. The number of aliphatic hydroxyl groups is 1. The molecular formula is C35H42ClN3O5S. The van der Waals surface area contributed by atoms with Crippen LogP contribution in [0.25, 0.3) is 4.85 Å². The third-order valence-corrected chi connectivity index (χ3v) is 13.5. The highest BCUT2D eigenvalue weighted by molar-refractivity contribution is 7.90. The second-order valence-corrected chi connectivity index (χ2v) is 16.7. The summed E-state index contributed by atoms with van der Waals surface area (Å²) in [5.74, 6) is -0.152. The lowest BCUT2D eigenvalue weighted by Crippen LogP contribution is -2.55. The van der Waals surface area contributed by atoms with Crippen molar-refractivity contribution in [2.75, 3.05) is 31.1 Å². The Bertz CT molecular complexity index is 1680. The molecule has 2 saturated carbocycles. The summed E-state index contributed by atoms with van der Waals surface area (Å²) in [6.07, 6.45) is 6.21. The number of nitrogens with zero attached hydrogens (tertiary/aromatic N) is 2. The Kier molecular flexibility index (Phi) is 7.65. The Morgan fingerprint density at radius 2 is 1.96 bits per heavy atom. The highest BCUT2D eigenvalue weighted by Crippen LogP contribution is 2.58. The lowest BCUT2D eigenvalue weighted by atomic mass is 9.62. The quantitative estimate of drug-likeness (QED) is 0.389. The average molecular weight is 652 g/mol. The van der Waals surface area contributed by atoms with E-state index < -0.39 is 27.4 Å². The first-order chi connectivity index (χ1) is 21.4. The van der Waals surface area contributed by atoms with Crippen LogP contribution in [0.5, 0.6) is 5.75 Å². The van der Waals surface area contributed by atoms with Gasteiger partial charge in [-0.3, -0.25) is 4.79 Å². The molecule has 2 aliphatic heterocycles. The van der Waals surface area contributed by atoms with E-state index in [0.717, 1.165) is 38.5 Å². The Morgan fingerprint density at radius 3 is 2.71 bits per heavy atom. The zero-order valence-corrected chi connectivity index (χ0v) is 27.5. The standard InChI is InChI=1S/C35H42ClN3O5S/c1-21-13-25-15-30(25)35(41,18-37-3)29-9-6-24(29)17-39-19-34(12-4-5-23-14-26(36)7-10-28(23)34)20-44-32-11-8-27(16-31(32)39)45(42,43)38-33(40)22(21)2/h7-8,10-11,14,16,21-22,24-25,29-30,41H,4-6,9,12-13,15,17-20H2,1-2H3,(H,38,40)/t21-,22+,24-,25?,29+,30?,34-,35+/m0/s1. The van der Waals surface area contributed by atoms with Gasteiger partial charge in [0.2, 0.25) is 12.5 Å². The number of hydrogen-bond acceptors (Lipinski definition) is 6. The molecule has 8 nitrogen and oxygen atoms in total. The van der Waals surface area contributed by atoms with Gasteiger partial charge in [0.25, 0.3) is 10.0 Å². The minimum atomic E-state index is -4.12. The lowest BCUT2D eigenvalue weighted by Gasteiger charge is -2.48. The number of sulfonamides is 1. The molecule has 8 atom stereocenters. The highest BCUT2D eigenvalue weighted by Gasteiger charge is 2.61. The van der Waals surface area contributed by atoms with E-state index in [1.165, 1.54) is 17.2 Å². The number of carbonyl (C=O) groups excluding carboxylic acids is 1. The molecular weight excluding hydrogens is 610 g/mol. The number of rotatable bonds is 1. The first kappa shape index (κ1) is 30.8. The van der Waals surface area contributed by atoms with E-state index in [1.54, 1.807) is 19.1 Å². The molecule has 2 aromatic rings. The number of halogens is 1. The largest absolute Gasteiger partial charge is 0.490 e.